The maximum Gasteiger partial charge on any atom is 0.396 e. The summed E-state index contributed by atoms with van der Waals surface area (Å²) < 4.78 is 37.4. The lowest BCUT2D eigenvalue weighted by atomic mass is 10.1. The Kier molecular flexibility index (Phi) is 3.71. The van der Waals surface area contributed by atoms with E-state index in [1.54, 1.807) is 6.92 Å². The Morgan fingerprint density at radius 2 is 1.84 bits per heavy atom. The second-order valence-electron chi connectivity index (χ2n) is 4.15. The van der Waals surface area contributed by atoms with E-state index >= 15 is 0 Å². The molecule has 100 valence electrons. The molecular weight excluding hydrogens is 273 g/mol. The third kappa shape index (κ3) is 3.41. The van der Waals surface area contributed by atoms with E-state index in [9.17, 15) is 13.2 Å². The summed E-state index contributed by atoms with van der Waals surface area (Å²) >= 11 is 5.02. The second kappa shape index (κ2) is 5.13. The van der Waals surface area contributed by atoms with Crippen LogP contribution >= 0.6 is 12.2 Å². The van der Waals surface area contributed by atoms with Crippen molar-refractivity contribution in [2.45, 2.75) is 19.5 Å². The van der Waals surface area contributed by atoms with Crippen molar-refractivity contribution in [3.8, 4) is 11.3 Å². The number of alkyl halides is 3. The van der Waals surface area contributed by atoms with Crippen LogP contribution in [0.25, 0.3) is 11.3 Å². The fourth-order valence-electron chi connectivity index (χ4n) is 1.75. The third-order valence-electron chi connectivity index (χ3n) is 2.63. The normalized spacial score (nSPS) is 11.6. The SMILES string of the molecule is Cc1c(-c2ccccc2)[nH]c(CC(F)(F)F)nc1=S. The minimum Gasteiger partial charge on any atom is -0.343 e. The predicted molar refractivity (Wildman–Crippen MR) is 69.4 cm³/mol. The Morgan fingerprint density at radius 3 is 2.42 bits per heavy atom. The maximum atomic E-state index is 12.4. The van der Waals surface area contributed by atoms with E-state index < -0.39 is 12.6 Å². The van der Waals surface area contributed by atoms with Gasteiger partial charge in [-0.05, 0) is 12.5 Å². The van der Waals surface area contributed by atoms with Crippen LogP contribution in [0.4, 0.5) is 13.2 Å². The number of H-pyrrole nitrogens is 1. The zero-order valence-electron chi connectivity index (χ0n) is 10.1. The quantitative estimate of drug-likeness (QED) is 0.836. The van der Waals surface area contributed by atoms with Crippen molar-refractivity contribution in [2.75, 3.05) is 0 Å². The van der Waals surface area contributed by atoms with E-state index in [0.717, 1.165) is 5.56 Å². The van der Waals surface area contributed by atoms with E-state index in [4.69, 9.17) is 12.2 Å². The van der Waals surface area contributed by atoms with Crippen LogP contribution in [0.5, 0.6) is 0 Å². The van der Waals surface area contributed by atoms with Crippen LogP contribution in [0, 0.1) is 11.6 Å². The number of hydrogen-bond acceptors (Lipinski definition) is 2. The van der Waals surface area contributed by atoms with Crippen LogP contribution in [0.15, 0.2) is 30.3 Å². The number of benzene rings is 1. The Bertz CT molecular complexity index is 633. The van der Waals surface area contributed by atoms with Crippen LogP contribution in [-0.4, -0.2) is 16.1 Å². The Balaban J connectivity index is 2.53. The van der Waals surface area contributed by atoms with Gasteiger partial charge in [0.25, 0.3) is 0 Å². The molecule has 0 bridgehead atoms. The number of aromatic nitrogens is 2. The van der Waals surface area contributed by atoms with Crippen molar-refractivity contribution >= 4 is 12.2 Å². The zero-order chi connectivity index (χ0) is 14.0. The first-order valence-corrected chi connectivity index (χ1v) is 5.99. The molecule has 0 unspecified atom stereocenters. The van der Waals surface area contributed by atoms with Crippen LogP contribution in [0.3, 0.4) is 0 Å². The van der Waals surface area contributed by atoms with Crippen LogP contribution < -0.4 is 0 Å². The van der Waals surface area contributed by atoms with Crippen molar-refractivity contribution < 1.29 is 13.2 Å². The summed E-state index contributed by atoms with van der Waals surface area (Å²) in [6.45, 7) is 1.74. The fraction of sp³-hybridized carbons (Fsp3) is 0.231. The van der Waals surface area contributed by atoms with E-state index in [2.05, 4.69) is 9.97 Å². The van der Waals surface area contributed by atoms with Gasteiger partial charge in [-0.15, -0.1) is 0 Å². The van der Waals surface area contributed by atoms with Gasteiger partial charge in [0.2, 0.25) is 0 Å². The number of aromatic amines is 1. The average molecular weight is 284 g/mol. The van der Waals surface area contributed by atoms with Crippen molar-refractivity contribution in [2.24, 2.45) is 0 Å². The third-order valence-corrected chi connectivity index (χ3v) is 3.03. The lowest BCUT2D eigenvalue weighted by Gasteiger charge is -2.11. The monoisotopic (exact) mass is 284 g/mol. The predicted octanol–water partition coefficient (Wildman–Crippen LogP) is 4.22. The van der Waals surface area contributed by atoms with Gasteiger partial charge in [0, 0.05) is 5.56 Å². The van der Waals surface area contributed by atoms with Gasteiger partial charge in [0.05, 0.1) is 5.69 Å². The molecule has 2 aromatic rings. The number of nitrogens with one attached hydrogen (secondary N) is 1. The number of nitrogens with zero attached hydrogens (tertiary/aromatic N) is 1. The van der Waals surface area contributed by atoms with Gasteiger partial charge in [-0.2, -0.15) is 13.2 Å². The molecule has 0 aliphatic carbocycles. The van der Waals surface area contributed by atoms with Crippen molar-refractivity contribution in [3.05, 3.63) is 46.4 Å². The molecule has 1 heterocycles. The highest BCUT2D eigenvalue weighted by Crippen LogP contribution is 2.24. The first-order chi connectivity index (χ1) is 8.87. The number of rotatable bonds is 2. The molecule has 0 fully saturated rings. The molecule has 6 heteroatoms. The zero-order valence-corrected chi connectivity index (χ0v) is 10.9. The molecule has 1 aromatic heterocycles. The summed E-state index contributed by atoms with van der Waals surface area (Å²) in [5.74, 6) is -0.165. The molecule has 0 aliphatic rings. The van der Waals surface area contributed by atoms with Gasteiger partial charge < -0.3 is 4.98 Å². The molecule has 0 radical (unpaired) electrons. The van der Waals surface area contributed by atoms with Gasteiger partial charge in [-0.3, -0.25) is 0 Å². The Labute approximate surface area is 113 Å². The van der Waals surface area contributed by atoms with E-state index in [1.807, 2.05) is 30.3 Å². The Hall–Kier alpha value is -1.69. The number of hydrogen-bond donors (Lipinski definition) is 1. The summed E-state index contributed by atoms with van der Waals surface area (Å²) in [4.78, 5) is 6.51. The van der Waals surface area contributed by atoms with E-state index in [1.165, 1.54) is 0 Å². The van der Waals surface area contributed by atoms with Gasteiger partial charge in [0.15, 0.2) is 0 Å². The highest BCUT2D eigenvalue weighted by molar-refractivity contribution is 7.71. The largest absolute Gasteiger partial charge is 0.396 e. The lowest BCUT2D eigenvalue weighted by Crippen LogP contribution is -2.15. The van der Waals surface area contributed by atoms with E-state index in [-0.39, 0.29) is 10.5 Å². The molecule has 0 atom stereocenters. The first-order valence-electron chi connectivity index (χ1n) is 5.59. The minimum atomic E-state index is -4.31. The highest BCUT2D eigenvalue weighted by atomic mass is 32.1. The van der Waals surface area contributed by atoms with Crippen LogP contribution in [0.2, 0.25) is 0 Å². The summed E-state index contributed by atoms with van der Waals surface area (Å²) in [6.07, 6.45) is -5.43. The van der Waals surface area contributed by atoms with Crippen molar-refractivity contribution in [3.63, 3.8) is 0 Å². The molecule has 0 spiro atoms. The van der Waals surface area contributed by atoms with E-state index in [0.29, 0.717) is 11.3 Å². The molecule has 2 rings (SSSR count). The van der Waals surface area contributed by atoms with Gasteiger partial charge in [0.1, 0.15) is 16.9 Å². The molecular formula is C13H11F3N2S. The van der Waals surface area contributed by atoms with Gasteiger partial charge >= 0.3 is 6.18 Å². The van der Waals surface area contributed by atoms with Gasteiger partial charge in [-0.25, -0.2) is 4.98 Å². The van der Waals surface area contributed by atoms with Gasteiger partial charge in [-0.1, -0.05) is 42.5 Å². The molecule has 1 aromatic carbocycles. The Morgan fingerprint density at radius 1 is 1.21 bits per heavy atom. The molecule has 0 saturated carbocycles. The van der Waals surface area contributed by atoms with Crippen molar-refractivity contribution in [1.82, 2.24) is 9.97 Å². The minimum absolute atomic E-state index is 0.165. The lowest BCUT2D eigenvalue weighted by molar-refractivity contribution is -0.128. The number of halogens is 3. The summed E-state index contributed by atoms with van der Waals surface area (Å²) in [6, 6.07) is 9.09. The summed E-state index contributed by atoms with van der Waals surface area (Å²) in [5, 5.41) is 0. The van der Waals surface area contributed by atoms with Crippen molar-refractivity contribution in [1.29, 1.82) is 0 Å². The summed E-state index contributed by atoms with van der Waals surface area (Å²) in [5.41, 5.74) is 2.05. The highest BCUT2D eigenvalue weighted by Gasteiger charge is 2.29. The average Bonchev–Trinajstić information content (AvgIpc) is 2.33. The fourth-order valence-corrected chi connectivity index (χ4v) is 1.96. The smallest absolute Gasteiger partial charge is 0.343 e. The molecule has 1 N–H and O–H groups in total. The molecule has 2 nitrogen and oxygen atoms in total. The first kappa shape index (κ1) is 13.7. The maximum absolute atomic E-state index is 12.4. The van der Waals surface area contributed by atoms with Crippen LogP contribution in [-0.2, 0) is 6.42 Å². The molecule has 0 saturated heterocycles. The second-order valence-corrected chi connectivity index (χ2v) is 4.53. The summed E-state index contributed by atoms with van der Waals surface area (Å²) in [7, 11) is 0. The molecule has 19 heavy (non-hydrogen) atoms. The van der Waals surface area contributed by atoms with Crippen LogP contribution in [0.1, 0.15) is 11.4 Å². The molecule has 0 aliphatic heterocycles. The standard InChI is InChI=1S/C13H11F3N2S/c1-8-11(9-5-3-2-4-6-9)17-10(18-12(8)19)7-13(14,15)16/h2-6H,7H2,1H3,(H,17,18,19). The molecule has 0 amide bonds. The topological polar surface area (TPSA) is 28.7 Å².